The molecule has 1 unspecified atom stereocenters. The van der Waals surface area contributed by atoms with Crippen molar-refractivity contribution >= 4 is 0 Å². The van der Waals surface area contributed by atoms with Crippen LogP contribution in [0.5, 0.6) is 0 Å². The predicted molar refractivity (Wildman–Crippen MR) is 57.2 cm³/mol. The molecule has 2 N–H and O–H groups in total. The van der Waals surface area contributed by atoms with E-state index >= 15 is 0 Å². The highest BCUT2D eigenvalue weighted by Gasteiger charge is 2.26. The Bertz CT molecular complexity index is 339. The second-order valence-electron chi connectivity index (χ2n) is 4.52. The maximum absolute atomic E-state index is 6.14. The lowest BCUT2D eigenvalue weighted by molar-refractivity contribution is 0.546. The fourth-order valence-corrected chi connectivity index (χ4v) is 2.36. The Morgan fingerprint density at radius 2 is 2.21 bits per heavy atom. The van der Waals surface area contributed by atoms with E-state index in [2.05, 4.69) is 18.9 Å². The lowest BCUT2D eigenvalue weighted by Crippen LogP contribution is -2.19. The van der Waals surface area contributed by atoms with Crippen LogP contribution in [0, 0.1) is 0 Å². The summed E-state index contributed by atoms with van der Waals surface area (Å²) >= 11 is 0. The zero-order valence-electron chi connectivity index (χ0n) is 9.25. The largest absolute Gasteiger partial charge is 0.324 e. The van der Waals surface area contributed by atoms with Crippen LogP contribution in [-0.2, 0) is 13.5 Å². The summed E-state index contributed by atoms with van der Waals surface area (Å²) in [5.41, 5.74) is 10.0. The second kappa shape index (κ2) is 3.39. The smallest absolute Gasteiger partial charge is 0.0700 e. The van der Waals surface area contributed by atoms with Gasteiger partial charge in [0.25, 0.3) is 0 Å². The Morgan fingerprint density at radius 1 is 1.50 bits per heavy atom. The van der Waals surface area contributed by atoms with Gasteiger partial charge in [-0.25, -0.2) is 0 Å². The summed E-state index contributed by atoms with van der Waals surface area (Å²) in [7, 11) is 2.03. The lowest BCUT2D eigenvalue weighted by Gasteiger charge is -2.20. The molecule has 0 amide bonds. The molecule has 14 heavy (non-hydrogen) atoms. The molecule has 1 aromatic rings. The van der Waals surface area contributed by atoms with Crippen molar-refractivity contribution in [2.45, 2.75) is 45.1 Å². The minimum atomic E-state index is 0.213. The van der Waals surface area contributed by atoms with Gasteiger partial charge >= 0.3 is 0 Å². The number of nitrogens with zero attached hydrogens (tertiary/aromatic N) is 2. The van der Waals surface area contributed by atoms with Crippen LogP contribution in [-0.4, -0.2) is 9.78 Å². The van der Waals surface area contributed by atoms with Gasteiger partial charge in [-0.05, 0) is 25.2 Å². The molecule has 1 aromatic heterocycles. The summed E-state index contributed by atoms with van der Waals surface area (Å²) in [5.74, 6) is 0.481. The summed E-state index contributed by atoms with van der Waals surface area (Å²) in [4.78, 5) is 0. The van der Waals surface area contributed by atoms with Crippen molar-refractivity contribution in [1.29, 1.82) is 0 Å². The van der Waals surface area contributed by atoms with E-state index in [0.29, 0.717) is 5.92 Å². The van der Waals surface area contributed by atoms with Gasteiger partial charge in [-0.15, -0.1) is 0 Å². The number of hydrogen-bond donors (Lipinski definition) is 1. The van der Waals surface area contributed by atoms with Gasteiger partial charge in [-0.3, -0.25) is 4.68 Å². The van der Waals surface area contributed by atoms with Gasteiger partial charge in [0.15, 0.2) is 0 Å². The zero-order valence-corrected chi connectivity index (χ0v) is 9.25. The van der Waals surface area contributed by atoms with Gasteiger partial charge in [-0.1, -0.05) is 13.8 Å². The highest BCUT2D eigenvalue weighted by molar-refractivity contribution is 5.33. The Labute approximate surface area is 85.3 Å². The highest BCUT2D eigenvalue weighted by atomic mass is 15.3. The molecule has 1 aliphatic rings. The van der Waals surface area contributed by atoms with Crippen LogP contribution in [0.3, 0.4) is 0 Å². The maximum Gasteiger partial charge on any atom is 0.0700 e. The number of hydrogen-bond acceptors (Lipinski definition) is 2. The van der Waals surface area contributed by atoms with Crippen molar-refractivity contribution in [3.8, 4) is 0 Å². The Kier molecular flexibility index (Phi) is 2.35. The van der Waals surface area contributed by atoms with Crippen molar-refractivity contribution in [1.82, 2.24) is 9.78 Å². The first kappa shape index (κ1) is 9.71. The fraction of sp³-hybridized carbons (Fsp3) is 0.727. The molecule has 0 aliphatic heterocycles. The summed E-state index contributed by atoms with van der Waals surface area (Å²) in [5, 5.41) is 4.58. The monoisotopic (exact) mass is 193 g/mol. The minimum Gasteiger partial charge on any atom is -0.324 e. The SMILES string of the molecule is CC(C)c1nn(C)c2c1C(N)CCC2. The van der Waals surface area contributed by atoms with Gasteiger partial charge in [0.1, 0.15) is 0 Å². The van der Waals surface area contributed by atoms with Crippen molar-refractivity contribution in [2.75, 3.05) is 0 Å². The fourth-order valence-electron chi connectivity index (χ4n) is 2.36. The summed E-state index contributed by atoms with van der Waals surface area (Å²) in [6.45, 7) is 4.37. The van der Waals surface area contributed by atoms with Crippen LogP contribution in [0.4, 0.5) is 0 Å². The molecular weight excluding hydrogens is 174 g/mol. The van der Waals surface area contributed by atoms with Crippen LogP contribution in [0.25, 0.3) is 0 Å². The van der Waals surface area contributed by atoms with E-state index in [4.69, 9.17) is 5.73 Å². The van der Waals surface area contributed by atoms with E-state index in [-0.39, 0.29) is 6.04 Å². The molecule has 3 nitrogen and oxygen atoms in total. The third-order valence-corrected chi connectivity index (χ3v) is 3.08. The van der Waals surface area contributed by atoms with Crippen LogP contribution in [0.1, 0.15) is 55.6 Å². The quantitative estimate of drug-likeness (QED) is 0.740. The molecule has 1 aliphatic carbocycles. The number of nitrogens with two attached hydrogens (primary N) is 1. The highest BCUT2D eigenvalue weighted by Crippen LogP contribution is 2.33. The van der Waals surface area contributed by atoms with Crippen LogP contribution in [0.2, 0.25) is 0 Å². The maximum atomic E-state index is 6.14. The van der Waals surface area contributed by atoms with E-state index in [1.165, 1.54) is 23.4 Å². The minimum absolute atomic E-state index is 0.213. The molecule has 1 atom stereocenters. The average molecular weight is 193 g/mol. The summed E-state index contributed by atoms with van der Waals surface area (Å²) < 4.78 is 2.02. The number of fused-ring (bicyclic) bond motifs is 1. The van der Waals surface area contributed by atoms with Gasteiger partial charge in [0.2, 0.25) is 0 Å². The molecule has 0 spiro atoms. The second-order valence-corrected chi connectivity index (χ2v) is 4.52. The summed E-state index contributed by atoms with van der Waals surface area (Å²) in [6, 6.07) is 0.213. The molecule has 0 saturated carbocycles. The molecule has 0 fully saturated rings. The molecule has 0 bridgehead atoms. The lowest BCUT2D eigenvalue weighted by atomic mass is 9.89. The van der Waals surface area contributed by atoms with Crippen molar-refractivity contribution in [3.63, 3.8) is 0 Å². The normalized spacial score (nSPS) is 21.4. The van der Waals surface area contributed by atoms with Crippen LogP contribution < -0.4 is 5.73 Å². The Hall–Kier alpha value is -0.830. The van der Waals surface area contributed by atoms with Crippen LogP contribution in [0.15, 0.2) is 0 Å². The average Bonchev–Trinajstić information content (AvgIpc) is 2.46. The van der Waals surface area contributed by atoms with E-state index in [1.54, 1.807) is 0 Å². The van der Waals surface area contributed by atoms with Gasteiger partial charge in [-0.2, -0.15) is 5.10 Å². The Balaban J connectivity index is 2.53. The van der Waals surface area contributed by atoms with E-state index in [0.717, 1.165) is 12.8 Å². The molecule has 0 radical (unpaired) electrons. The van der Waals surface area contributed by atoms with E-state index < -0.39 is 0 Å². The van der Waals surface area contributed by atoms with Crippen molar-refractivity contribution in [3.05, 3.63) is 17.0 Å². The van der Waals surface area contributed by atoms with Gasteiger partial charge in [0.05, 0.1) is 5.69 Å². The molecule has 1 heterocycles. The first-order valence-corrected chi connectivity index (χ1v) is 5.42. The molecule has 78 valence electrons. The third kappa shape index (κ3) is 1.36. The molecule has 0 aromatic carbocycles. The standard InChI is InChI=1S/C11H19N3/c1-7(2)11-10-8(12)5-4-6-9(10)14(3)13-11/h7-8H,4-6,12H2,1-3H3. The first-order valence-electron chi connectivity index (χ1n) is 5.42. The molecular formula is C11H19N3. The summed E-state index contributed by atoms with van der Waals surface area (Å²) in [6.07, 6.45) is 3.45. The first-order chi connectivity index (χ1) is 6.61. The van der Waals surface area contributed by atoms with Crippen molar-refractivity contribution in [2.24, 2.45) is 12.8 Å². The van der Waals surface area contributed by atoms with Crippen molar-refractivity contribution < 1.29 is 0 Å². The van der Waals surface area contributed by atoms with Gasteiger partial charge in [0, 0.05) is 24.3 Å². The molecule has 2 rings (SSSR count). The number of rotatable bonds is 1. The Morgan fingerprint density at radius 3 is 2.86 bits per heavy atom. The van der Waals surface area contributed by atoms with Crippen LogP contribution >= 0.6 is 0 Å². The predicted octanol–water partition coefficient (Wildman–Crippen LogP) is 1.88. The number of aryl methyl sites for hydroxylation is 1. The van der Waals surface area contributed by atoms with E-state index in [1.807, 2.05) is 11.7 Å². The van der Waals surface area contributed by atoms with Gasteiger partial charge < -0.3 is 5.73 Å². The molecule has 3 heteroatoms. The molecule has 0 saturated heterocycles. The zero-order chi connectivity index (χ0) is 10.3. The topological polar surface area (TPSA) is 43.8 Å². The third-order valence-electron chi connectivity index (χ3n) is 3.08. The number of aromatic nitrogens is 2. The van der Waals surface area contributed by atoms with E-state index in [9.17, 15) is 0 Å².